The maximum Gasteiger partial charge on any atom is 0.0205 e. The summed E-state index contributed by atoms with van der Waals surface area (Å²) < 4.78 is 0. The topological polar surface area (TPSA) is 12.0 Å². The zero-order valence-electron chi connectivity index (χ0n) is 7.80. The first kappa shape index (κ1) is 9.27. The Morgan fingerprint density at radius 3 is 2.42 bits per heavy atom. The second-order valence-electron chi connectivity index (χ2n) is 3.30. The lowest BCUT2D eigenvalue weighted by Gasteiger charge is -2.06. The molecule has 0 aromatic heterocycles. The van der Waals surface area contributed by atoms with E-state index in [-0.39, 0.29) is 0 Å². The normalized spacial score (nSPS) is 10.6. The summed E-state index contributed by atoms with van der Waals surface area (Å²) in [6, 6.07) is 10.5. The Hall–Kier alpha value is -0.820. The summed E-state index contributed by atoms with van der Waals surface area (Å²) in [6.45, 7) is 6.25. The Morgan fingerprint density at radius 1 is 1.17 bits per heavy atom. The number of hydrogen-bond acceptors (Lipinski definition) is 1. The van der Waals surface area contributed by atoms with Crippen LogP contribution in [0.25, 0.3) is 0 Å². The average molecular weight is 162 g/mol. The van der Waals surface area contributed by atoms with Crippen molar-refractivity contribution in [3.63, 3.8) is 0 Å². The fraction of sp³-hybridized carbons (Fsp3) is 0.364. The molecule has 1 heteroatoms. The van der Waals surface area contributed by atoms with Crippen LogP contribution in [-0.2, 0) is 6.54 Å². The highest BCUT2D eigenvalue weighted by molar-refractivity contribution is 5.14. The molecule has 1 radical (unpaired) electrons. The molecule has 0 fully saturated rings. The van der Waals surface area contributed by atoms with Gasteiger partial charge in [-0.15, -0.1) is 0 Å². The molecule has 0 saturated heterocycles. The van der Waals surface area contributed by atoms with Crippen molar-refractivity contribution in [3.05, 3.63) is 41.8 Å². The predicted octanol–water partition coefficient (Wildman–Crippen LogP) is 2.39. The van der Waals surface area contributed by atoms with Gasteiger partial charge in [-0.05, 0) is 11.5 Å². The van der Waals surface area contributed by atoms with E-state index in [1.165, 1.54) is 11.5 Å². The smallest absolute Gasteiger partial charge is 0.0205 e. The van der Waals surface area contributed by atoms with Crippen LogP contribution in [-0.4, -0.2) is 6.54 Å². The first-order valence-electron chi connectivity index (χ1n) is 4.32. The second-order valence-corrected chi connectivity index (χ2v) is 3.30. The van der Waals surface area contributed by atoms with Gasteiger partial charge in [0.2, 0.25) is 0 Å². The third-order valence-electron chi connectivity index (χ3n) is 1.65. The standard InChI is InChI=1S/C11H16N/c1-10(2)8-12-9-11-6-4-3-5-7-11/h3-7,12H,8-9H2,1-2H3. The molecule has 1 rings (SSSR count). The minimum absolute atomic E-state index is 0.964. The molecule has 0 amide bonds. The molecule has 0 heterocycles. The Kier molecular flexibility index (Phi) is 3.81. The van der Waals surface area contributed by atoms with Gasteiger partial charge in [-0.1, -0.05) is 44.2 Å². The fourth-order valence-corrected chi connectivity index (χ4v) is 1.05. The molecule has 1 aromatic carbocycles. The molecule has 0 saturated carbocycles. The first-order valence-corrected chi connectivity index (χ1v) is 4.32. The van der Waals surface area contributed by atoms with Crippen molar-refractivity contribution in [1.82, 2.24) is 5.32 Å². The van der Waals surface area contributed by atoms with Crippen LogP contribution in [0, 0.1) is 5.92 Å². The van der Waals surface area contributed by atoms with Crippen molar-refractivity contribution in [1.29, 1.82) is 0 Å². The van der Waals surface area contributed by atoms with Gasteiger partial charge in [-0.2, -0.15) is 0 Å². The molecular formula is C11H16N. The van der Waals surface area contributed by atoms with E-state index in [1.54, 1.807) is 0 Å². The minimum Gasteiger partial charge on any atom is -0.312 e. The van der Waals surface area contributed by atoms with Gasteiger partial charge >= 0.3 is 0 Å². The van der Waals surface area contributed by atoms with Crippen molar-refractivity contribution in [3.8, 4) is 0 Å². The van der Waals surface area contributed by atoms with Gasteiger partial charge in [-0.3, -0.25) is 0 Å². The third kappa shape index (κ3) is 3.54. The molecule has 1 nitrogen and oxygen atoms in total. The van der Waals surface area contributed by atoms with Crippen molar-refractivity contribution < 1.29 is 0 Å². The van der Waals surface area contributed by atoms with Crippen molar-refractivity contribution in [2.45, 2.75) is 20.4 Å². The van der Waals surface area contributed by atoms with Crippen molar-refractivity contribution in [2.75, 3.05) is 6.54 Å². The summed E-state index contributed by atoms with van der Waals surface area (Å²) in [7, 11) is 0. The van der Waals surface area contributed by atoms with E-state index in [4.69, 9.17) is 0 Å². The van der Waals surface area contributed by atoms with Gasteiger partial charge in [0, 0.05) is 13.1 Å². The summed E-state index contributed by atoms with van der Waals surface area (Å²) >= 11 is 0. The quantitative estimate of drug-likeness (QED) is 0.716. The van der Waals surface area contributed by atoms with Crippen LogP contribution in [0.15, 0.2) is 30.3 Å². The lowest BCUT2D eigenvalue weighted by atomic mass is 10.2. The molecule has 0 aliphatic carbocycles. The van der Waals surface area contributed by atoms with Crippen LogP contribution in [0.3, 0.4) is 0 Å². The summed E-state index contributed by atoms with van der Waals surface area (Å²) in [4.78, 5) is 0. The number of rotatable bonds is 4. The van der Waals surface area contributed by atoms with E-state index in [0.717, 1.165) is 13.1 Å². The van der Waals surface area contributed by atoms with E-state index in [9.17, 15) is 0 Å². The summed E-state index contributed by atoms with van der Waals surface area (Å²) in [5, 5.41) is 3.36. The number of hydrogen-bond donors (Lipinski definition) is 1. The lowest BCUT2D eigenvalue weighted by molar-refractivity contribution is 0.697. The maximum atomic E-state index is 3.36. The molecule has 1 N–H and O–H groups in total. The average Bonchev–Trinajstić information content (AvgIpc) is 2.05. The predicted molar refractivity (Wildman–Crippen MR) is 52.7 cm³/mol. The Balaban J connectivity index is 2.25. The Bertz CT molecular complexity index is 204. The third-order valence-corrected chi connectivity index (χ3v) is 1.65. The molecule has 65 valence electrons. The fourth-order valence-electron chi connectivity index (χ4n) is 1.05. The van der Waals surface area contributed by atoms with Crippen LogP contribution in [0.4, 0.5) is 0 Å². The summed E-state index contributed by atoms with van der Waals surface area (Å²) in [5.41, 5.74) is 1.35. The highest BCUT2D eigenvalue weighted by Crippen LogP contribution is 1.98. The van der Waals surface area contributed by atoms with E-state index >= 15 is 0 Å². The van der Waals surface area contributed by atoms with E-state index in [0.29, 0.717) is 0 Å². The molecule has 0 aliphatic heterocycles. The van der Waals surface area contributed by atoms with Crippen LogP contribution in [0.1, 0.15) is 19.4 Å². The van der Waals surface area contributed by atoms with Crippen LogP contribution in [0.5, 0.6) is 0 Å². The van der Waals surface area contributed by atoms with E-state index < -0.39 is 0 Å². The molecule has 0 atom stereocenters. The molecule has 12 heavy (non-hydrogen) atoms. The van der Waals surface area contributed by atoms with Crippen LogP contribution in [0.2, 0.25) is 0 Å². The molecule has 0 spiro atoms. The first-order chi connectivity index (χ1) is 5.79. The largest absolute Gasteiger partial charge is 0.312 e. The number of nitrogens with one attached hydrogen (secondary N) is 1. The second kappa shape index (κ2) is 4.94. The van der Waals surface area contributed by atoms with Crippen LogP contribution < -0.4 is 5.32 Å². The number of benzene rings is 1. The van der Waals surface area contributed by atoms with Crippen LogP contribution >= 0.6 is 0 Å². The minimum atomic E-state index is 0.964. The highest BCUT2D eigenvalue weighted by Gasteiger charge is 1.93. The summed E-state index contributed by atoms with van der Waals surface area (Å²) in [5.74, 6) is 1.42. The monoisotopic (exact) mass is 162 g/mol. The Morgan fingerprint density at radius 2 is 1.83 bits per heavy atom. The van der Waals surface area contributed by atoms with Gasteiger partial charge in [0.15, 0.2) is 0 Å². The van der Waals surface area contributed by atoms with Crippen molar-refractivity contribution in [2.24, 2.45) is 0 Å². The van der Waals surface area contributed by atoms with Crippen molar-refractivity contribution >= 4 is 0 Å². The SMILES string of the molecule is C[C](C)CNCc1ccccc1. The van der Waals surface area contributed by atoms with Gasteiger partial charge in [0.05, 0.1) is 0 Å². The molecular weight excluding hydrogens is 146 g/mol. The molecule has 0 unspecified atom stereocenters. The van der Waals surface area contributed by atoms with E-state index in [2.05, 4.69) is 43.4 Å². The van der Waals surface area contributed by atoms with E-state index in [1.807, 2.05) is 6.07 Å². The highest BCUT2D eigenvalue weighted by atomic mass is 14.8. The molecule has 1 aromatic rings. The van der Waals surface area contributed by atoms with Gasteiger partial charge in [-0.25, -0.2) is 0 Å². The van der Waals surface area contributed by atoms with Gasteiger partial charge in [0.25, 0.3) is 0 Å². The zero-order valence-corrected chi connectivity index (χ0v) is 7.80. The summed E-state index contributed by atoms with van der Waals surface area (Å²) in [6.07, 6.45) is 0. The van der Waals surface area contributed by atoms with Gasteiger partial charge < -0.3 is 5.32 Å². The Labute approximate surface area is 74.8 Å². The van der Waals surface area contributed by atoms with Gasteiger partial charge in [0.1, 0.15) is 0 Å². The maximum absolute atomic E-state index is 3.36. The lowest BCUT2D eigenvalue weighted by Crippen LogP contribution is -2.17. The molecule has 0 bridgehead atoms. The molecule has 0 aliphatic rings. The zero-order chi connectivity index (χ0) is 8.81.